The van der Waals surface area contributed by atoms with Crippen LogP contribution in [0.1, 0.15) is 6.42 Å². The van der Waals surface area contributed by atoms with E-state index in [1.807, 2.05) is 0 Å². The van der Waals surface area contributed by atoms with Crippen LogP contribution in [0.4, 0.5) is 11.4 Å². The third-order valence-electron chi connectivity index (χ3n) is 3.86. The van der Waals surface area contributed by atoms with Crippen LogP contribution < -0.4 is 15.5 Å². The van der Waals surface area contributed by atoms with Crippen molar-refractivity contribution in [1.82, 2.24) is 10.2 Å². The zero-order chi connectivity index (χ0) is 15.8. The minimum Gasteiger partial charge on any atom is -0.385 e. The van der Waals surface area contributed by atoms with Crippen molar-refractivity contribution in [3.63, 3.8) is 0 Å². The second-order valence-electron chi connectivity index (χ2n) is 5.61. The number of carbonyl (C=O) groups is 1. The van der Waals surface area contributed by atoms with E-state index in [-0.39, 0.29) is 5.91 Å². The van der Waals surface area contributed by atoms with Gasteiger partial charge < -0.3 is 20.4 Å². The number of likely N-dealkylation sites (N-methyl/N-ethyl adjacent to an activating group) is 1. The average molecular weight is 302 g/mol. The maximum atomic E-state index is 11.5. The minimum atomic E-state index is 0.0430. The van der Waals surface area contributed by atoms with Crippen LogP contribution in [-0.4, -0.2) is 57.1 Å². The van der Waals surface area contributed by atoms with Crippen LogP contribution >= 0.6 is 0 Å². The molecule has 1 heterocycles. The van der Waals surface area contributed by atoms with Gasteiger partial charge in [0.05, 0.1) is 0 Å². The first-order chi connectivity index (χ1) is 10.7. The van der Waals surface area contributed by atoms with E-state index in [4.69, 9.17) is 0 Å². The molecule has 1 aliphatic heterocycles. The van der Waals surface area contributed by atoms with Crippen molar-refractivity contribution < 1.29 is 4.79 Å². The van der Waals surface area contributed by atoms with Crippen LogP contribution in [0.25, 0.3) is 0 Å². The first-order valence-electron chi connectivity index (χ1n) is 7.84. The predicted octanol–water partition coefficient (Wildman–Crippen LogP) is 1.54. The highest BCUT2D eigenvalue weighted by Gasteiger charge is 2.13. The number of nitrogens with one attached hydrogen (secondary N) is 2. The van der Waals surface area contributed by atoms with Crippen LogP contribution in [0, 0.1) is 0 Å². The molecule has 0 saturated carbocycles. The molecule has 2 rings (SSSR count). The fourth-order valence-electron chi connectivity index (χ4n) is 2.45. The molecule has 120 valence electrons. The van der Waals surface area contributed by atoms with Gasteiger partial charge in [0.25, 0.3) is 0 Å². The van der Waals surface area contributed by atoms with Gasteiger partial charge in [0, 0.05) is 57.1 Å². The Morgan fingerprint density at radius 1 is 1.23 bits per heavy atom. The van der Waals surface area contributed by atoms with Gasteiger partial charge in [-0.25, -0.2) is 0 Å². The van der Waals surface area contributed by atoms with Crippen LogP contribution in [0.2, 0.25) is 0 Å². The van der Waals surface area contributed by atoms with Gasteiger partial charge >= 0.3 is 0 Å². The third-order valence-corrected chi connectivity index (χ3v) is 3.86. The van der Waals surface area contributed by atoms with E-state index in [1.54, 1.807) is 6.08 Å². The molecular weight excluding hydrogens is 276 g/mol. The Bertz CT molecular complexity index is 478. The summed E-state index contributed by atoms with van der Waals surface area (Å²) in [4.78, 5) is 16.2. The lowest BCUT2D eigenvalue weighted by Crippen LogP contribution is -2.44. The molecule has 1 fully saturated rings. The van der Waals surface area contributed by atoms with E-state index in [0.29, 0.717) is 19.5 Å². The van der Waals surface area contributed by atoms with Gasteiger partial charge in [-0.15, -0.1) is 6.58 Å². The molecule has 0 radical (unpaired) electrons. The molecule has 0 aromatic heterocycles. The average Bonchev–Trinajstić information content (AvgIpc) is 2.54. The number of benzene rings is 1. The molecule has 2 N–H and O–H groups in total. The van der Waals surface area contributed by atoms with Crippen LogP contribution in [0.5, 0.6) is 0 Å². The molecule has 1 aromatic carbocycles. The fraction of sp³-hybridized carbons (Fsp3) is 0.471. The van der Waals surface area contributed by atoms with Gasteiger partial charge in [0.1, 0.15) is 0 Å². The standard InChI is InChI=1S/C17H26N4O/c1-3-9-19-17(22)8-10-18-15-4-6-16(7-5-15)21-13-11-20(2)12-14-21/h3-7,18H,1,8-14H2,2H3,(H,19,22). The fourth-order valence-corrected chi connectivity index (χ4v) is 2.45. The number of nitrogens with zero attached hydrogens (tertiary/aromatic N) is 2. The summed E-state index contributed by atoms with van der Waals surface area (Å²) in [7, 11) is 2.16. The molecule has 22 heavy (non-hydrogen) atoms. The summed E-state index contributed by atoms with van der Waals surface area (Å²) in [6.07, 6.45) is 2.15. The van der Waals surface area contributed by atoms with Crippen molar-refractivity contribution in [1.29, 1.82) is 0 Å². The van der Waals surface area contributed by atoms with E-state index in [9.17, 15) is 4.79 Å². The Morgan fingerprint density at radius 3 is 2.55 bits per heavy atom. The first-order valence-corrected chi connectivity index (χ1v) is 7.84. The van der Waals surface area contributed by atoms with Crippen LogP contribution in [0.3, 0.4) is 0 Å². The van der Waals surface area contributed by atoms with Gasteiger partial charge in [0.15, 0.2) is 0 Å². The van der Waals surface area contributed by atoms with Crippen molar-refractivity contribution in [2.24, 2.45) is 0 Å². The normalized spacial score (nSPS) is 15.4. The topological polar surface area (TPSA) is 47.6 Å². The van der Waals surface area contributed by atoms with Crippen LogP contribution in [-0.2, 0) is 4.79 Å². The summed E-state index contributed by atoms with van der Waals surface area (Å²) in [6, 6.07) is 8.45. The number of anilines is 2. The maximum Gasteiger partial charge on any atom is 0.222 e. The molecule has 5 nitrogen and oxygen atoms in total. The van der Waals surface area contributed by atoms with Crippen molar-refractivity contribution in [2.75, 3.05) is 56.5 Å². The summed E-state index contributed by atoms with van der Waals surface area (Å²) in [5.74, 6) is 0.0430. The Morgan fingerprint density at radius 2 is 1.91 bits per heavy atom. The number of carbonyl (C=O) groups excluding carboxylic acids is 1. The molecular formula is C17H26N4O. The summed E-state index contributed by atoms with van der Waals surface area (Å²) >= 11 is 0. The predicted molar refractivity (Wildman–Crippen MR) is 92.5 cm³/mol. The van der Waals surface area contributed by atoms with E-state index < -0.39 is 0 Å². The Kier molecular flexibility index (Phi) is 6.27. The van der Waals surface area contributed by atoms with Crippen molar-refractivity contribution in [3.8, 4) is 0 Å². The lowest BCUT2D eigenvalue weighted by Gasteiger charge is -2.34. The number of amides is 1. The van der Waals surface area contributed by atoms with Gasteiger partial charge in [-0.05, 0) is 31.3 Å². The zero-order valence-corrected chi connectivity index (χ0v) is 13.3. The molecule has 1 aromatic rings. The lowest BCUT2D eigenvalue weighted by molar-refractivity contribution is -0.120. The summed E-state index contributed by atoms with van der Waals surface area (Å²) in [5, 5.41) is 6.04. The third kappa shape index (κ3) is 5.07. The molecule has 5 heteroatoms. The highest BCUT2D eigenvalue weighted by atomic mass is 16.1. The summed E-state index contributed by atoms with van der Waals surface area (Å²) in [5.41, 5.74) is 2.32. The Labute approximate surface area is 133 Å². The molecule has 0 aliphatic carbocycles. The highest BCUT2D eigenvalue weighted by Crippen LogP contribution is 2.19. The van der Waals surface area contributed by atoms with Crippen LogP contribution in [0.15, 0.2) is 36.9 Å². The summed E-state index contributed by atoms with van der Waals surface area (Å²) in [6.45, 7) is 9.11. The quantitative estimate of drug-likeness (QED) is 0.750. The highest BCUT2D eigenvalue weighted by molar-refractivity contribution is 5.76. The van der Waals surface area contributed by atoms with Gasteiger partial charge in [-0.3, -0.25) is 4.79 Å². The maximum absolute atomic E-state index is 11.5. The number of piperazine rings is 1. The largest absolute Gasteiger partial charge is 0.385 e. The smallest absolute Gasteiger partial charge is 0.222 e. The van der Waals surface area contributed by atoms with E-state index >= 15 is 0 Å². The summed E-state index contributed by atoms with van der Waals surface area (Å²) < 4.78 is 0. The molecule has 0 unspecified atom stereocenters. The molecule has 1 aliphatic rings. The number of hydrogen-bond donors (Lipinski definition) is 2. The van der Waals surface area contributed by atoms with E-state index in [0.717, 1.165) is 31.9 Å². The van der Waals surface area contributed by atoms with E-state index in [1.165, 1.54) is 5.69 Å². The molecule has 1 saturated heterocycles. The minimum absolute atomic E-state index is 0.0430. The Balaban J connectivity index is 1.75. The van der Waals surface area contributed by atoms with Crippen molar-refractivity contribution >= 4 is 17.3 Å². The first kappa shape index (κ1) is 16.4. The Hall–Kier alpha value is -2.01. The number of rotatable bonds is 7. The van der Waals surface area contributed by atoms with Gasteiger partial charge in [-0.2, -0.15) is 0 Å². The van der Waals surface area contributed by atoms with Crippen molar-refractivity contribution in [3.05, 3.63) is 36.9 Å². The molecule has 1 amide bonds. The van der Waals surface area contributed by atoms with Gasteiger partial charge in [-0.1, -0.05) is 6.08 Å². The molecule has 0 bridgehead atoms. The SMILES string of the molecule is C=CCNC(=O)CCNc1ccc(N2CCN(C)CC2)cc1. The number of hydrogen-bond acceptors (Lipinski definition) is 4. The second-order valence-corrected chi connectivity index (χ2v) is 5.61. The molecule has 0 atom stereocenters. The lowest BCUT2D eigenvalue weighted by atomic mass is 10.2. The second kappa shape index (κ2) is 8.44. The monoisotopic (exact) mass is 302 g/mol. The van der Waals surface area contributed by atoms with E-state index in [2.05, 4.69) is 58.3 Å². The van der Waals surface area contributed by atoms with Gasteiger partial charge in [0.2, 0.25) is 5.91 Å². The van der Waals surface area contributed by atoms with Crippen molar-refractivity contribution in [2.45, 2.75) is 6.42 Å². The molecule has 0 spiro atoms. The zero-order valence-electron chi connectivity index (χ0n) is 13.3.